The minimum absolute atomic E-state index is 0.177. The van der Waals surface area contributed by atoms with Crippen LogP contribution in [-0.4, -0.2) is 38.6 Å². The number of fused-ring (bicyclic) bond motifs is 1. The minimum Gasteiger partial charge on any atom is -0.459 e. The van der Waals surface area contributed by atoms with Crippen LogP contribution in [0.25, 0.3) is 0 Å². The number of anilines is 2. The molecule has 0 aliphatic carbocycles. The third-order valence-corrected chi connectivity index (χ3v) is 5.53. The summed E-state index contributed by atoms with van der Waals surface area (Å²) in [6.45, 7) is 2.64. The number of methoxy groups -OCH3 is 1. The van der Waals surface area contributed by atoms with Crippen molar-refractivity contribution in [1.82, 2.24) is 5.32 Å². The fourth-order valence-corrected chi connectivity index (χ4v) is 3.89. The van der Waals surface area contributed by atoms with Gasteiger partial charge in [0, 0.05) is 44.7 Å². The molecule has 2 aromatic carbocycles. The highest BCUT2D eigenvalue weighted by atomic mass is 16.5. The van der Waals surface area contributed by atoms with Crippen LogP contribution in [0.3, 0.4) is 0 Å². The van der Waals surface area contributed by atoms with Gasteiger partial charge in [-0.15, -0.1) is 0 Å². The number of amides is 2. The number of hydrogen-bond donors (Lipinski definition) is 2. The molecule has 7 nitrogen and oxygen atoms in total. The molecule has 7 heteroatoms. The van der Waals surface area contributed by atoms with Gasteiger partial charge in [-0.3, -0.25) is 9.59 Å². The van der Waals surface area contributed by atoms with Crippen LogP contribution in [0.5, 0.6) is 0 Å². The molecule has 2 heterocycles. The monoisotopic (exact) mass is 433 g/mol. The zero-order chi connectivity index (χ0) is 22.3. The number of hydrogen-bond acceptors (Lipinski definition) is 5. The second-order valence-electron chi connectivity index (χ2n) is 7.71. The Morgan fingerprint density at radius 3 is 2.69 bits per heavy atom. The predicted molar refractivity (Wildman–Crippen MR) is 123 cm³/mol. The lowest BCUT2D eigenvalue weighted by Gasteiger charge is -2.32. The van der Waals surface area contributed by atoms with Gasteiger partial charge < -0.3 is 24.7 Å². The summed E-state index contributed by atoms with van der Waals surface area (Å²) in [4.78, 5) is 27.7. The fraction of sp³-hybridized carbons (Fsp3) is 0.280. The van der Waals surface area contributed by atoms with E-state index in [4.69, 9.17) is 9.15 Å². The number of benzene rings is 2. The maximum Gasteiger partial charge on any atom is 0.291 e. The van der Waals surface area contributed by atoms with Crippen molar-refractivity contribution in [3.8, 4) is 0 Å². The predicted octanol–water partition coefficient (Wildman–Crippen LogP) is 3.86. The highest BCUT2D eigenvalue weighted by molar-refractivity contribution is 6.05. The van der Waals surface area contributed by atoms with E-state index in [1.54, 1.807) is 25.3 Å². The lowest BCUT2D eigenvalue weighted by atomic mass is 9.98. The number of carbonyl (C=O) groups is 2. The van der Waals surface area contributed by atoms with E-state index >= 15 is 0 Å². The Morgan fingerprint density at radius 2 is 1.91 bits per heavy atom. The molecule has 1 aromatic heterocycles. The molecular weight excluding hydrogens is 406 g/mol. The van der Waals surface area contributed by atoms with Gasteiger partial charge in [0.1, 0.15) is 0 Å². The summed E-state index contributed by atoms with van der Waals surface area (Å²) in [7, 11) is 1.64. The minimum atomic E-state index is -0.360. The van der Waals surface area contributed by atoms with E-state index < -0.39 is 0 Å². The van der Waals surface area contributed by atoms with Crippen LogP contribution < -0.4 is 15.5 Å². The van der Waals surface area contributed by atoms with Crippen molar-refractivity contribution >= 4 is 23.2 Å². The van der Waals surface area contributed by atoms with Crippen molar-refractivity contribution in [1.29, 1.82) is 0 Å². The molecule has 1 aliphatic heterocycles. The zero-order valence-corrected chi connectivity index (χ0v) is 18.1. The molecule has 1 aliphatic rings. The third-order valence-electron chi connectivity index (χ3n) is 5.53. The lowest BCUT2D eigenvalue weighted by Crippen LogP contribution is -2.33. The van der Waals surface area contributed by atoms with Crippen molar-refractivity contribution in [2.24, 2.45) is 0 Å². The Kier molecular flexibility index (Phi) is 6.87. The molecule has 166 valence electrons. The summed E-state index contributed by atoms with van der Waals surface area (Å²) in [6, 6.07) is 17.1. The Morgan fingerprint density at radius 1 is 1.06 bits per heavy atom. The van der Waals surface area contributed by atoms with Crippen molar-refractivity contribution in [3.63, 3.8) is 0 Å². The molecule has 3 aromatic rings. The van der Waals surface area contributed by atoms with E-state index in [0.29, 0.717) is 24.4 Å². The number of carbonyl (C=O) groups excluding carboxylic acids is 2. The highest BCUT2D eigenvalue weighted by Crippen LogP contribution is 2.29. The topological polar surface area (TPSA) is 83.8 Å². The molecule has 4 rings (SSSR count). The zero-order valence-electron chi connectivity index (χ0n) is 18.1. The second-order valence-corrected chi connectivity index (χ2v) is 7.71. The molecule has 0 atom stereocenters. The molecule has 2 amide bonds. The van der Waals surface area contributed by atoms with Gasteiger partial charge in [0.2, 0.25) is 0 Å². The summed E-state index contributed by atoms with van der Waals surface area (Å²) < 4.78 is 10.2. The smallest absolute Gasteiger partial charge is 0.291 e. The van der Waals surface area contributed by atoms with Gasteiger partial charge in [-0.25, -0.2) is 0 Å². The molecule has 0 spiro atoms. The van der Waals surface area contributed by atoms with Crippen molar-refractivity contribution in [3.05, 3.63) is 83.3 Å². The van der Waals surface area contributed by atoms with Crippen molar-refractivity contribution in [2.75, 3.05) is 37.0 Å². The first-order chi connectivity index (χ1) is 15.7. The Balaban J connectivity index is 1.58. The third kappa shape index (κ3) is 5.00. The van der Waals surface area contributed by atoms with E-state index in [-0.39, 0.29) is 17.6 Å². The average Bonchev–Trinajstić information content (AvgIpc) is 3.37. The summed E-state index contributed by atoms with van der Waals surface area (Å²) in [5.41, 5.74) is 4.52. The van der Waals surface area contributed by atoms with Crippen LogP contribution in [-0.2, 0) is 17.7 Å². The van der Waals surface area contributed by atoms with E-state index in [9.17, 15) is 9.59 Å². The van der Waals surface area contributed by atoms with Crippen molar-refractivity contribution in [2.45, 2.75) is 19.4 Å². The summed E-state index contributed by atoms with van der Waals surface area (Å²) in [6.07, 6.45) is 3.09. The highest BCUT2D eigenvalue weighted by Gasteiger charge is 2.22. The SMILES string of the molecule is COCCCNC(=O)c1cc(NC(=O)c2ccco2)ccc1N1CCc2ccccc2C1. The van der Waals surface area contributed by atoms with Gasteiger partial charge in [-0.1, -0.05) is 24.3 Å². The van der Waals surface area contributed by atoms with Gasteiger partial charge in [-0.05, 0) is 54.3 Å². The number of nitrogens with one attached hydrogen (secondary N) is 2. The second kappa shape index (κ2) is 10.2. The summed E-state index contributed by atoms with van der Waals surface area (Å²) in [5.74, 6) is -0.322. The first-order valence-corrected chi connectivity index (χ1v) is 10.7. The van der Waals surface area contributed by atoms with Crippen LogP contribution in [0.1, 0.15) is 38.5 Å². The maximum atomic E-state index is 13.1. The number of ether oxygens (including phenoxy) is 1. The van der Waals surface area contributed by atoms with Crippen LogP contribution in [0.2, 0.25) is 0 Å². The Bertz CT molecular complexity index is 1080. The molecule has 2 N–H and O–H groups in total. The molecule has 0 radical (unpaired) electrons. The van der Waals surface area contributed by atoms with Crippen molar-refractivity contribution < 1.29 is 18.7 Å². The first-order valence-electron chi connectivity index (χ1n) is 10.7. The Hall–Kier alpha value is -3.58. The largest absolute Gasteiger partial charge is 0.459 e. The fourth-order valence-electron chi connectivity index (χ4n) is 3.89. The van der Waals surface area contributed by atoms with Crippen LogP contribution in [0.15, 0.2) is 65.3 Å². The molecular formula is C25H27N3O4. The normalized spacial score (nSPS) is 12.8. The quantitative estimate of drug-likeness (QED) is 0.527. The van der Waals surface area contributed by atoms with Gasteiger partial charge in [0.05, 0.1) is 11.8 Å². The van der Waals surface area contributed by atoms with E-state index in [1.165, 1.54) is 17.4 Å². The molecule has 0 fully saturated rings. The maximum absolute atomic E-state index is 13.1. The standard InChI is InChI=1S/C25H27N3O4/c1-31-14-5-12-26-24(29)21-16-20(27-25(30)23-8-4-15-32-23)9-10-22(21)28-13-11-18-6-2-3-7-19(18)17-28/h2-4,6-10,15-16H,5,11-14,17H2,1H3,(H,26,29)(H,27,30). The summed E-state index contributed by atoms with van der Waals surface area (Å²) in [5, 5.41) is 5.77. The molecule has 0 saturated carbocycles. The number of rotatable bonds is 8. The summed E-state index contributed by atoms with van der Waals surface area (Å²) >= 11 is 0. The van der Waals surface area contributed by atoms with Crippen LogP contribution in [0, 0.1) is 0 Å². The van der Waals surface area contributed by atoms with Crippen LogP contribution in [0.4, 0.5) is 11.4 Å². The molecule has 0 unspecified atom stereocenters. The van der Waals surface area contributed by atoms with E-state index in [1.807, 2.05) is 18.2 Å². The van der Waals surface area contributed by atoms with E-state index in [2.05, 4.69) is 33.7 Å². The molecule has 0 saturated heterocycles. The Labute approximate surface area is 187 Å². The number of nitrogens with zero attached hydrogens (tertiary/aromatic N) is 1. The van der Waals surface area contributed by atoms with E-state index in [0.717, 1.165) is 31.6 Å². The number of furan rings is 1. The van der Waals surface area contributed by atoms with Gasteiger partial charge in [-0.2, -0.15) is 0 Å². The lowest BCUT2D eigenvalue weighted by molar-refractivity contribution is 0.0947. The van der Waals surface area contributed by atoms with Gasteiger partial charge >= 0.3 is 0 Å². The first kappa shape index (κ1) is 21.6. The molecule has 32 heavy (non-hydrogen) atoms. The average molecular weight is 434 g/mol. The molecule has 0 bridgehead atoms. The van der Waals surface area contributed by atoms with Gasteiger partial charge in [0.25, 0.3) is 11.8 Å². The van der Waals surface area contributed by atoms with Crippen LogP contribution >= 0.6 is 0 Å². The van der Waals surface area contributed by atoms with Gasteiger partial charge in [0.15, 0.2) is 5.76 Å².